The molecule has 3 aromatic carbocycles. The van der Waals surface area contributed by atoms with Crippen LogP contribution in [-0.2, 0) is 16.0 Å². The Morgan fingerprint density at radius 1 is 1.00 bits per heavy atom. The number of allylic oxidation sites excluding steroid dienone is 3. The second-order valence-electron chi connectivity index (χ2n) is 8.53. The maximum Gasteiger partial charge on any atom is 0.412 e. The van der Waals surface area contributed by atoms with Gasteiger partial charge in [-0.1, -0.05) is 103 Å². The number of amides is 1. The fraction of sp³-hybridized carbons (Fsp3) is 0.0968. The van der Waals surface area contributed by atoms with Crippen LogP contribution in [0.4, 0.5) is 10.5 Å². The van der Waals surface area contributed by atoms with Crippen molar-refractivity contribution in [2.75, 3.05) is 11.9 Å². The minimum atomic E-state index is -0.857. The summed E-state index contributed by atoms with van der Waals surface area (Å²) in [7, 11) is 0. The Balaban J connectivity index is 1.58. The number of carbonyl (C=O) groups excluding carboxylic acids is 1. The Kier molecular flexibility index (Phi) is 8.46. The van der Waals surface area contributed by atoms with E-state index in [4.69, 9.17) is 21.4 Å². The number of para-hydroxylation sites is 1. The molecule has 0 aliphatic rings. The van der Waals surface area contributed by atoms with Crippen molar-refractivity contribution in [2.24, 2.45) is 0 Å². The number of rotatable bonds is 9. The molecular formula is C31H27ClN2O4. The number of ether oxygens (including phenoxy) is 1. The maximum absolute atomic E-state index is 12.8. The first-order chi connectivity index (χ1) is 18.4. The average Bonchev–Trinajstić information content (AvgIpc) is 3.29. The van der Waals surface area contributed by atoms with Crippen LogP contribution in [0.25, 0.3) is 33.3 Å². The van der Waals surface area contributed by atoms with Crippen LogP contribution in [0, 0.1) is 0 Å². The largest absolute Gasteiger partial charge is 0.481 e. The van der Waals surface area contributed by atoms with Gasteiger partial charge in [0.25, 0.3) is 0 Å². The quantitative estimate of drug-likeness (QED) is 0.193. The highest BCUT2D eigenvalue weighted by atomic mass is 35.5. The van der Waals surface area contributed by atoms with Gasteiger partial charge in [0.1, 0.15) is 6.61 Å². The summed E-state index contributed by atoms with van der Waals surface area (Å²) in [5.74, 6) is -0.857. The van der Waals surface area contributed by atoms with Gasteiger partial charge in [-0.25, -0.2) is 4.79 Å². The summed E-state index contributed by atoms with van der Waals surface area (Å²) in [5.41, 5.74) is 6.48. The molecule has 4 aromatic rings. The van der Waals surface area contributed by atoms with Crippen molar-refractivity contribution in [3.8, 4) is 22.4 Å². The Morgan fingerprint density at radius 2 is 1.63 bits per heavy atom. The third-order valence-corrected chi connectivity index (χ3v) is 6.45. The third kappa shape index (κ3) is 6.22. The van der Waals surface area contributed by atoms with Crippen LogP contribution in [0.3, 0.4) is 0 Å². The van der Waals surface area contributed by atoms with Crippen LogP contribution in [0.2, 0.25) is 0 Å². The molecule has 1 amide bonds. The first kappa shape index (κ1) is 26.5. The van der Waals surface area contributed by atoms with Crippen LogP contribution >= 0.6 is 11.6 Å². The Morgan fingerprint density at radius 3 is 2.26 bits per heavy atom. The number of carboxylic acids is 1. The molecule has 0 aliphatic heterocycles. The second-order valence-corrected chi connectivity index (χ2v) is 8.94. The molecule has 0 fully saturated rings. The fourth-order valence-electron chi connectivity index (χ4n) is 4.11. The zero-order valence-corrected chi connectivity index (χ0v) is 21.6. The van der Waals surface area contributed by atoms with Crippen molar-refractivity contribution in [3.05, 3.63) is 114 Å². The summed E-state index contributed by atoms with van der Waals surface area (Å²) < 4.78 is 5.46. The monoisotopic (exact) mass is 526 g/mol. The van der Waals surface area contributed by atoms with E-state index in [1.165, 1.54) is 0 Å². The first-order valence-electron chi connectivity index (χ1n) is 12.0. The van der Waals surface area contributed by atoms with Gasteiger partial charge in [-0.15, -0.1) is 0 Å². The summed E-state index contributed by atoms with van der Waals surface area (Å²) in [6.45, 7) is 5.48. The molecule has 6 nitrogen and oxygen atoms in total. The van der Waals surface area contributed by atoms with Gasteiger partial charge in [0.05, 0.1) is 17.8 Å². The molecule has 1 heterocycles. The number of H-pyrrole nitrogens is 1. The molecule has 0 spiro atoms. The number of carbonyl (C=O) groups is 2. The second kappa shape index (κ2) is 12.1. The van der Waals surface area contributed by atoms with Crippen LogP contribution in [0.1, 0.15) is 12.5 Å². The lowest BCUT2D eigenvalue weighted by Gasteiger charge is -2.11. The van der Waals surface area contributed by atoms with Gasteiger partial charge in [0.2, 0.25) is 0 Å². The van der Waals surface area contributed by atoms with Crippen molar-refractivity contribution in [1.82, 2.24) is 4.98 Å². The molecule has 0 aliphatic carbocycles. The summed E-state index contributed by atoms with van der Waals surface area (Å²) in [5, 5.41) is 13.2. The van der Waals surface area contributed by atoms with Gasteiger partial charge in [-0.2, -0.15) is 0 Å². The SMILES string of the molecule is C=C/C=C(COC(=O)Nc1c(-c2ccc(-c3ccc(CC(=O)O)cc3)cc2)[nH]c2ccccc12)\C(Cl)=C/C. The van der Waals surface area contributed by atoms with Gasteiger partial charge < -0.3 is 14.8 Å². The molecule has 38 heavy (non-hydrogen) atoms. The van der Waals surface area contributed by atoms with Gasteiger partial charge in [-0.3, -0.25) is 10.1 Å². The number of aliphatic carboxylic acids is 1. The standard InChI is InChI=1S/C31H27ClN2O4/c1-3-7-24(26(32)4-2)19-38-31(37)34-30-25-8-5-6-9-27(25)33-29(30)23-16-14-22(15-17-23)21-12-10-20(11-13-21)18-28(35)36/h3-17,33H,1,18-19H2,2H3,(H,34,37)(H,35,36)/b24-7-,26-4+. The summed E-state index contributed by atoms with van der Waals surface area (Å²) in [6, 6.07) is 23.1. The van der Waals surface area contributed by atoms with E-state index in [-0.39, 0.29) is 13.0 Å². The van der Waals surface area contributed by atoms with Crippen LogP contribution in [0.15, 0.2) is 108 Å². The fourth-order valence-corrected chi connectivity index (χ4v) is 4.23. The van der Waals surface area contributed by atoms with E-state index in [9.17, 15) is 9.59 Å². The summed E-state index contributed by atoms with van der Waals surface area (Å²) in [4.78, 5) is 27.1. The van der Waals surface area contributed by atoms with Crippen LogP contribution in [0.5, 0.6) is 0 Å². The molecule has 192 valence electrons. The average molecular weight is 527 g/mol. The van der Waals surface area contributed by atoms with Crippen molar-refractivity contribution in [2.45, 2.75) is 13.3 Å². The van der Waals surface area contributed by atoms with E-state index in [2.05, 4.69) is 16.9 Å². The zero-order valence-electron chi connectivity index (χ0n) is 20.8. The Labute approximate surface area is 225 Å². The molecule has 7 heteroatoms. The number of fused-ring (bicyclic) bond motifs is 1. The topological polar surface area (TPSA) is 91.4 Å². The number of carboxylic acid groups (broad SMARTS) is 1. The Bertz CT molecular complexity index is 1530. The number of hydrogen-bond acceptors (Lipinski definition) is 3. The van der Waals surface area contributed by atoms with Crippen LogP contribution in [-0.4, -0.2) is 28.8 Å². The number of aromatic amines is 1. The molecule has 0 bridgehead atoms. The van der Waals surface area contributed by atoms with Crippen molar-refractivity contribution >= 4 is 40.3 Å². The van der Waals surface area contributed by atoms with Gasteiger partial charge in [-0.05, 0) is 29.7 Å². The van der Waals surface area contributed by atoms with Crippen molar-refractivity contribution in [1.29, 1.82) is 0 Å². The van der Waals surface area contributed by atoms with Gasteiger partial charge in [0, 0.05) is 27.1 Å². The third-order valence-electron chi connectivity index (χ3n) is 5.99. The molecule has 0 unspecified atom stereocenters. The maximum atomic E-state index is 12.8. The number of halogens is 1. The van der Waals surface area contributed by atoms with E-state index in [0.717, 1.165) is 38.9 Å². The molecule has 0 saturated heterocycles. The molecule has 0 radical (unpaired) electrons. The highest BCUT2D eigenvalue weighted by molar-refractivity contribution is 6.32. The first-order valence-corrected chi connectivity index (χ1v) is 12.4. The predicted octanol–water partition coefficient (Wildman–Crippen LogP) is 7.93. The lowest BCUT2D eigenvalue weighted by molar-refractivity contribution is -0.136. The number of benzene rings is 3. The molecule has 4 rings (SSSR count). The normalized spacial score (nSPS) is 11.8. The van der Waals surface area contributed by atoms with E-state index < -0.39 is 12.1 Å². The number of aromatic nitrogens is 1. The predicted molar refractivity (Wildman–Crippen MR) is 153 cm³/mol. The highest BCUT2D eigenvalue weighted by Crippen LogP contribution is 2.36. The van der Waals surface area contributed by atoms with E-state index in [0.29, 0.717) is 16.3 Å². The van der Waals surface area contributed by atoms with Crippen LogP contribution < -0.4 is 5.32 Å². The van der Waals surface area contributed by atoms with Gasteiger partial charge in [0.15, 0.2) is 0 Å². The molecule has 1 aromatic heterocycles. The summed E-state index contributed by atoms with van der Waals surface area (Å²) >= 11 is 6.21. The number of nitrogens with one attached hydrogen (secondary N) is 2. The minimum Gasteiger partial charge on any atom is -0.481 e. The van der Waals surface area contributed by atoms with Crippen molar-refractivity contribution in [3.63, 3.8) is 0 Å². The lowest BCUT2D eigenvalue weighted by Crippen LogP contribution is -2.15. The lowest BCUT2D eigenvalue weighted by atomic mass is 10.0. The molecule has 0 atom stereocenters. The van der Waals surface area contributed by atoms with Crippen molar-refractivity contribution < 1.29 is 19.4 Å². The van der Waals surface area contributed by atoms with Gasteiger partial charge >= 0.3 is 12.1 Å². The molecular weight excluding hydrogens is 500 g/mol. The zero-order chi connectivity index (χ0) is 27.1. The Hall–Kier alpha value is -4.55. The van der Waals surface area contributed by atoms with E-state index in [1.54, 1.807) is 25.2 Å². The number of anilines is 1. The molecule has 0 saturated carbocycles. The van der Waals surface area contributed by atoms with E-state index in [1.807, 2.05) is 72.8 Å². The number of hydrogen-bond donors (Lipinski definition) is 3. The van der Waals surface area contributed by atoms with E-state index >= 15 is 0 Å². The summed E-state index contributed by atoms with van der Waals surface area (Å²) in [6.07, 6.45) is 4.41. The highest BCUT2D eigenvalue weighted by Gasteiger charge is 2.17. The smallest absolute Gasteiger partial charge is 0.412 e. The molecule has 3 N–H and O–H groups in total. The minimum absolute atomic E-state index is 0.00132.